The van der Waals surface area contributed by atoms with Crippen molar-refractivity contribution in [2.24, 2.45) is 11.8 Å². The van der Waals surface area contributed by atoms with Gasteiger partial charge in [0, 0.05) is 5.69 Å². The maximum atomic E-state index is 5.76. The summed E-state index contributed by atoms with van der Waals surface area (Å²) in [5.41, 5.74) is 6.45. The van der Waals surface area contributed by atoms with Crippen LogP contribution in [-0.2, 0) is 6.42 Å². The molecule has 1 fully saturated rings. The van der Waals surface area contributed by atoms with Crippen LogP contribution in [0.2, 0.25) is 5.15 Å². The van der Waals surface area contributed by atoms with Crippen molar-refractivity contribution in [2.45, 2.75) is 19.8 Å². The highest BCUT2D eigenvalue weighted by molar-refractivity contribution is 6.29. The Morgan fingerprint density at radius 3 is 2.85 bits per heavy atom. The monoisotopic (exact) mass is 197 g/mol. The lowest BCUT2D eigenvalue weighted by Crippen LogP contribution is -2.00. The topological polar surface area (TPSA) is 51.8 Å². The summed E-state index contributed by atoms with van der Waals surface area (Å²) in [4.78, 5) is 7.94. The molecule has 0 bridgehead atoms. The van der Waals surface area contributed by atoms with Gasteiger partial charge >= 0.3 is 0 Å². The van der Waals surface area contributed by atoms with Crippen molar-refractivity contribution in [1.82, 2.24) is 9.97 Å². The van der Waals surface area contributed by atoms with Gasteiger partial charge in [0.15, 0.2) is 0 Å². The lowest BCUT2D eigenvalue weighted by atomic mass is 10.2. The Kier molecular flexibility index (Phi) is 2.12. The average Bonchev–Trinajstić information content (AvgIpc) is 2.63. The Labute approximate surface area is 82.3 Å². The van der Waals surface area contributed by atoms with Gasteiger partial charge < -0.3 is 5.73 Å². The second-order valence-electron chi connectivity index (χ2n) is 3.72. The number of aromatic nitrogens is 2. The number of hydrogen-bond donors (Lipinski definition) is 1. The highest BCUT2D eigenvalue weighted by Crippen LogP contribution is 2.40. The summed E-state index contributed by atoms with van der Waals surface area (Å²) in [6.07, 6.45) is 2.27. The second kappa shape index (κ2) is 3.14. The summed E-state index contributed by atoms with van der Waals surface area (Å²) in [5.74, 6) is 1.87. The summed E-state index contributed by atoms with van der Waals surface area (Å²) >= 11 is 5.76. The van der Waals surface area contributed by atoms with E-state index in [1.54, 1.807) is 6.07 Å². The van der Waals surface area contributed by atoms with Crippen LogP contribution in [0.5, 0.6) is 0 Å². The molecule has 1 heterocycles. The van der Waals surface area contributed by atoms with E-state index in [-0.39, 0.29) is 5.95 Å². The SMILES string of the molecule is CC1CC1Cc1cc(Cl)nc(N)n1. The standard InChI is InChI=1S/C9H12ClN3/c1-5-2-6(5)3-7-4-8(10)13-9(11)12-7/h4-6H,2-3H2,1H3,(H2,11,12,13). The van der Waals surface area contributed by atoms with E-state index in [0.29, 0.717) is 5.15 Å². The van der Waals surface area contributed by atoms with Crippen LogP contribution in [0.4, 0.5) is 5.95 Å². The molecule has 2 atom stereocenters. The van der Waals surface area contributed by atoms with Gasteiger partial charge in [-0.25, -0.2) is 9.97 Å². The molecule has 0 aliphatic heterocycles. The summed E-state index contributed by atoms with van der Waals surface area (Å²) in [6.45, 7) is 2.25. The molecule has 13 heavy (non-hydrogen) atoms. The Bertz CT molecular complexity index is 306. The van der Waals surface area contributed by atoms with Crippen LogP contribution in [0.15, 0.2) is 6.07 Å². The van der Waals surface area contributed by atoms with Crippen molar-refractivity contribution in [3.63, 3.8) is 0 Å². The number of nitrogens with zero attached hydrogens (tertiary/aromatic N) is 2. The Balaban J connectivity index is 2.11. The molecule has 1 aromatic heterocycles. The average molecular weight is 198 g/mol. The molecule has 0 spiro atoms. The van der Waals surface area contributed by atoms with Crippen LogP contribution in [0, 0.1) is 11.8 Å². The molecule has 3 nitrogen and oxygen atoms in total. The molecule has 0 saturated heterocycles. The van der Waals surface area contributed by atoms with Crippen LogP contribution in [-0.4, -0.2) is 9.97 Å². The zero-order chi connectivity index (χ0) is 9.42. The van der Waals surface area contributed by atoms with E-state index >= 15 is 0 Å². The van der Waals surface area contributed by atoms with Crippen LogP contribution in [0.25, 0.3) is 0 Å². The van der Waals surface area contributed by atoms with Gasteiger partial charge in [-0.1, -0.05) is 18.5 Å². The minimum absolute atomic E-state index is 0.274. The van der Waals surface area contributed by atoms with Crippen molar-refractivity contribution in [3.8, 4) is 0 Å². The number of nitrogen functional groups attached to an aromatic ring is 1. The number of nitrogens with two attached hydrogens (primary N) is 1. The minimum Gasteiger partial charge on any atom is -0.368 e. The Morgan fingerprint density at radius 1 is 1.62 bits per heavy atom. The van der Waals surface area contributed by atoms with Gasteiger partial charge in [0.25, 0.3) is 0 Å². The quantitative estimate of drug-likeness (QED) is 0.737. The zero-order valence-electron chi connectivity index (χ0n) is 7.50. The third kappa shape index (κ3) is 2.10. The third-order valence-electron chi connectivity index (χ3n) is 2.51. The van der Waals surface area contributed by atoms with Gasteiger partial charge in [-0.15, -0.1) is 0 Å². The zero-order valence-corrected chi connectivity index (χ0v) is 8.25. The van der Waals surface area contributed by atoms with Crippen LogP contribution < -0.4 is 5.73 Å². The predicted octanol–water partition coefficient (Wildman–Crippen LogP) is 1.91. The lowest BCUT2D eigenvalue weighted by molar-refractivity contribution is 0.729. The molecule has 0 amide bonds. The summed E-state index contributed by atoms with van der Waals surface area (Å²) in [7, 11) is 0. The highest BCUT2D eigenvalue weighted by Gasteiger charge is 2.32. The van der Waals surface area contributed by atoms with Gasteiger partial charge in [-0.2, -0.15) is 0 Å². The normalized spacial score (nSPS) is 26.0. The molecule has 0 aromatic carbocycles. The number of halogens is 1. The molecular formula is C9H12ClN3. The third-order valence-corrected chi connectivity index (χ3v) is 2.71. The molecule has 2 N–H and O–H groups in total. The molecule has 0 radical (unpaired) electrons. The van der Waals surface area contributed by atoms with E-state index in [1.807, 2.05) is 0 Å². The molecule has 1 saturated carbocycles. The van der Waals surface area contributed by atoms with E-state index in [9.17, 15) is 0 Å². The predicted molar refractivity (Wildman–Crippen MR) is 52.4 cm³/mol. The summed E-state index contributed by atoms with van der Waals surface area (Å²) in [5, 5.41) is 0.441. The molecular weight excluding hydrogens is 186 g/mol. The molecule has 2 unspecified atom stereocenters. The van der Waals surface area contributed by atoms with Crippen molar-refractivity contribution >= 4 is 17.5 Å². The van der Waals surface area contributed by atoms with Gasteiger partial charge in [0.05, 0.1) is 0 Å². The number of hydrogen-bond acceptors (Lipinski definition) is 3. The molecule has 1 aromatic rings. The van der Waals surface area contributed by atoms with Crippen molar-refractivity contribution in [2.75, 3.05) is 5.73 Å². The minimum atomic E-state index is 0.274. The maximum absolute atomic E-state index is 5.76. The first-order valence-corrected chi connectivity index (χ1v) is 4.82. The van der Waals surface area contributed by atoms with Crippen LogP contribution in [0.3, 0.4) is 0 Å². The van der Waals surface area contributed by atoms with E-state index in [1.165, 1.54) is 6.42 Å². The first kappa shape index (κ1) is 8.75. The van der Waals surface area contributed by atoms with Crippen LogP contribution >= 0.6 is 11.6 Å². The summed E-state index contributed by atoms with van der Waals surface area (Å²) < 4.78 is 0. The Morgan fingerprint density at radius 2 is 2.31 bits per heavy atom. The molecule has 1 aliphatic carbocycles. The molecule has 4 heteroatoms. The van der Waals surface area contributed by atoms with E-state index in [4.69, 9.17) is 17.3 Å². The lowest BCUT2D eigenvalue weighted by Gasteiger charge is -2.00. The Hall–Kier alpha value is -0.830. The maximum Gasteiger partial charge on any atom is 0.221 e. The van der Waals surface area contributed by atoms with Crippen LogP contribution in [0.1, 0.15) is 19.0 Å². The smallest absolute Gasteiger partial charge is 0.221 e. The highest BCUT2D eigenvalue weighted by atomic mass is 35.5. The largest absolute Gasteiger partial charge is 0.368 e. The van der Waals surface area contributed by atoms with Crippen molar-refractivity contribution in [1.29, 1.82) is 0 Å². The molecule has 70 valence electrons. The van der Waals surface area contributed by atoms with E-state index in [0.717, 1.165) is 24.0 Å². The molecule has 2 rings (SSSR count). The van der Waals surface area contributed by atoms with Crippen molar-refractivity contribution < 1.29 is 0 Å². The van der Waals surface area contributed by atoms with E-state index < -0.39 is 0 Å². The first-order chi connectivity index (χ1) is 6.15. The van der Waals surface area contributed by atoms with Gasteiger partial charge in [-0.3, -0.25) is 0 Å². The second-order valence-corrected chi connectivity index (χ2v) is 4.10. The van der Waals surface area contributed by atoms with Gasteiger partial charge in [-0.05, 0) is 30.7 Å². The fourth-order valence-corrected chi connectivity index (χ4v) is 1.75. The fourth-order valence-electron chi connectivity index (χ4n) is 1.54. The number of rotatable bonds is 2. The van der Waals surface area contributed by atoms with Gasteiger partial charge in [0.2, 0.25) is 5.95 Å². The fraction of sp³-hybridized carbons (Fsp3) is 0.556. The number of anilines is 1. The van der Waals surface area contributed by atoms with E-state index in [2.05, 4.69) is 16.9 Å². The summed E-state index contributed by atoms with van der Waals surface area (Å²) in [6, 6.07) is 1.79. The first-order valence-electron chi connectivity index (χ1n) is 4.44. The van der Waals surface area contributed by atoms with Gasteiger partial charge in [0.1, 0.15) is 5.15 Å². The van der Waals surface area contributed by atoms with Crippen molar-refractivity contribution in [3.05, 3.63) is 16.9 Å². The molecule has 1 aliphatic rings.